The summed E-state index contributed by atoms with van der Waals surface area (Å²) in [6, 6.07) is 9.82. The number of amides is 2. The Balaban J connectivity index is 1.54. The largest absolute Gasteiger partial charge is 0.369 e. The zero-order valence-corrected chi connectivity index (χ0v) is 18.3. The molecule has 174 valence electrons. The summed E-state index contributed by atoms with van der Waals surface area (Å²) >= 11 is 0. The van der Waals surface area contributed by atoms with Crippen molar-refractivity contribution < 1.29 is 18.1 Å². The lowest BCUT2D eigenvalue weighted by molar-refractivity contribution is -0.117. The maximum absolute atomic E-state index is 13.2. The molecule has 2 aliphatic rings. The average molecular weight is 465 g/mol. The smallest absolute Gasteiger partial charge is 0.254 e. The van der Waals surface area contributed by atoms with Crippen LogP contribution in [0.25, 0.3) is 0 Å². The van der Waals surface area contributed by atoms with E-state index in [1.54, 1.807) is 0 Å². The quantitative estimate of drug-likeness (QED) is 0.532. The summed E-state index contributed by atoms with van der Waals surface area (Å²) in [7, 11) is 1.94. The second-order valence-corrected chi connectivity index (χ2v) is 8.19. The number of aromatic nitrogens is 2. The molecular weight excluding hydrogens is 437 g/mol. The van der Waals surface area contributed by atoms with Crippen molar-refractivity contribution in [2.24, 2.45) is 0 Å². The van der Waals surface area contributed by atoms with Gasteiger partial charge in [0.25, 0.3) is 5.91 Å². The summed E-state index contributed by atoms with van der Waals surface area (Å²) in [5.74, 6) is -0.644. The van der Waals surface area contributed by atoms with E-state index < -0.39 is 18.7 Å². The molecule has 3 aromatic rings. The third kappa shape index (κ3) is 3.87. The van der Waals surface area contributed by atoms with Crippen molar-refractivity contribution in [3.05, 3.63) is 60.2 Å². The first-order valence-electron chi connectivity index (χ1n) is 12.2. The number of hydrogen-bond acceptors (Lipinski definition) is 7. The number of likely N-dealkylation sites (N-methyl/N-ethyl adjacent to an activating group) is 1. The SMILES string of the molecule is [2H]C([2H])([2H])NC(=O)c1cnc(Nc2ccc(F)cn2)cc1Nc1cccc2c1N(C)C[C@@H]1CCC(=O)N21. The number of halogens is 1. The van der Waals surface area contributed by atoms with Gasteiger partial charge in [-0.15, -0.1) is 0 Å². The molecule has 0 bridgehead atoms. The lowest BCUT2D eigenvalue weighted by atomic mass is 10.1. The number of para-hydroxylation sites is 1. The second-order valence-electron chi connectivity index (χ2n) is 8.19. The maximum Gasteiger partial charge on any atom is 0.254 e. The predicted octanol–water partition coefficient (Wildman–Crippen LogP) is 3.41. The van der Waals surface area contributed by atoms with Crippen LogP contribution in [-0.4, -0.2) is 48.4 Å². The van der Waals surface area contributed by atoms with Gasteiger partial charge in [0, 0.05) is 43.4 Å². The van der Waals surface area contributed by atoms with Gasteiger partial charge >= 0.3 is 0 Å². The molecule has 1 atom stereocenters. The molecule has 3 N–H and O–H groups in total. The molecule has 10 heteroatoms. The number of anilines is 6. The van der Waals surface area contributed by atoms with E-state index in [1.165, 1.54) is 24.4 Å². The standard InChI is InChI=1S/C24H24FN7O2/c1-26-24(34)16-12-28-21(30-20-8-6-14(25)11-27-20)10-18(16)29-17-4-3-5-19-23(17)31(2)13-15-7-9-22(33)32(15)19/h3-6,8,10-12,15H,7,9,13H2,1-2H3,(H,26,34)(H2,27,28,29,30)/t15-/m0/s1/i1D3. The van der Waals surface area contributed by atoms with E-state index in [0.717, 1.165) is 24.0 Å². The van der Waals surface area contributed by atoms with Gasteiger partial charge in [-0.3, -0.25) is 9.59 Å². The Kier molecular flexibility index (Phi) is 4.62. The highest BCUT2D eigenvalue weighted by Gasteiger charge is 2.39. The average Bonchev–Trinajstić information content (AvgIpc) is 3.20. The van der Waals surface area contributed by atoms with Crippen LogP contribution in [0.2, 0.25) is 0 Å². The van der Waals surface area contributed by atoms with Crippen molar-refractivity contribution in [3.63, 3.8) is 0 Å². The normalized spacial score (nSPS) is 18.4. The summed E-state index contributed by atoms with van der Waals surface area (Å²) in [6.45, 7) is -2.04. The third-order valence-electron chi connectivity index (χ3n) is 5.98. The molecule has 1 aromatic carbocycles. The van der Waals surface area contributed by atoms with E-state index in [4.69, 9.17) is 4.11 Å². The second kappa shape index (κ2) is 8.62. The Labute approximate surface area is 200 Å². The van der Waals surface area contributed by atoms with Gasteiger partial charge in [0.2, 0.25) is 5.91 Å². The molecule has 0 spiro atoms. The Morgan fingerprint density at radius 1 is 1.15 bits per heavy atom. The molecular formula is C24H24FN7O2. The van der Waals surface area contributed by atoms with Gasteiger partial charge in [0.15, 0.2) is 0 Å². The van der Waals surface area contributed by atoms with Crippen LogP contribution in [0.15, 0.2) is 48.8 Å². The molecule has 2 aromatic heterocycles. The zero-order valence-electron chi connectivity index (χ0n) is 21.3. The number of nitrogens with one attached hydrogen (secondary N) is 3. The monoisotopic (exact) mass is 464 g/mol. The van der Waals surface area contributed by atoms with Crippen LogP contribution in [0.4, 0.5) is 38.8 Å². The van der Waals surface area contributed by atoms with Gasteiger partial charge < -0.3 is 25.8 Å². The number of carbonyl (C=O) groups excluding carboxylic acids is 2. The molecule has 0 saturated carbocycles. The number of nitrogens with zero attached hydrogens (tertiary/aromatic N) is 4. The van der Waals surface area contributed by atoms with Crippen LogP contribution in [0.5, 0.6) is 0 Å². The topological polar surface area (TPSA) is 102 Å². The van der Waals surface area contributed by atoms with E-state index in [2.05, 4.69) is 25.5 Å². The van der Waals surface area contributed by atoms with Gasteiger partial charge in [-0.2, -0.15) is 0 Å². The van der Waals surface area contributed by atoms with Crippen LogP contribution in [0, 0.1) is 5.82 Å². The highest BCUT2D eigenvalue weighted by atomic mass is 19.1. The fourth-order valence-corrected chi connectivity index (χ4v) is 4.48. The van der Waals surface area contributed by atoms with Gasteiger partial charge in [0.05, 0.1) is 40.6 Å². The molecule has 9 nitrogen and oxygen atoms in total. The van der Waals surface area contributed by atoms with Crippen LogP contribution in [0.3, 0.4) is 0 Å². The van der Waals surface area contributed by atoms with Crippen molar-refractivity contribution >= 4 is 46.2 Å². The number of benzene rings is 1. The van der Waals surface area contributed by atoms with Gasteiger partial charge in [-0.1, -0.05) is 6.07 Å². The minimum absolute atomic E-state index is 0.0000636. The zero-order chi connectivity index (χ0) is 26.3. The molecule has 2 aliphatic heterocycles. The van der Waals surface area contributed by atoms with Crippen molar-refractivity contribution in [2.45, 2.75) is 18.9 Å². The first-order valence-corrected chi connectivity index (χ1v) is 10.7. The van der Waals surface area contributed by atoms with Gasteiger partial charge in [0.1, 0.15) is 17.5 Å². The number of hydrogen-bond donors (Lipinski definition) is 3. The van der Waals surface area contributed by atoms with Gasteiger partial charge in [-0.05, 0) is 30.7 Å². The fourth-order valence-electron chi connectivity index (χ4n) is 4.48. The summed E-state index contributed by atoms with van der Waals surface area (Å²) < 4.78 is 35.5. The molecule has 2 amide bonds. The summed E-state index contributed by atoms with van der Waals surface area (Å²) in [4.78, 5) is 37.5. The first-order chi connectivity index (χ1) is 17.6. The summed E-state index contributed by atoms with van der Waals surface area (Å²) in [6.07, 6.45) is 3.58. The Morgan fingerprint density at radius 2 is 2.00 bits per heavy atom. The molecule has 0 aliphatic carbocycles. The van der Waals surface area contributed by atoms with Crippen LogP contribution < -0.4 is 25.8 Å². The lowest BCUT2D eigenvalue weighted by Crippen LogP contribution is -2.46. The first kappa shape index (κ1) is 18.2. The number of carbonyl (C=O) groups is 2. The van der Waals surface area contributed by atoms with Crippen molar-refractivity contribution in [1.29, 1.82) is 0 Å². The highest BCUT2D eigenvalue weighted by molar-refractivity contribution is 6.05. The molecule has 34 heavy (non-hydrogen) atoms. The number of rotatable bonds is 5. The Morgan fingerprint density at radius 3 is 2.79 bits per heavy atom. The highest BCUT2D eigenvalue weighted by Crippen LogP contribution is 2.44. The van der Waals surface area contributed by atoms with E-state index in [0.29, 0.717) is 30.3 Å². The third-order valence-corrected chi connectivity index (χ3v) is 5.98. The molecule has 0 unspecified atom stereocenters. The Hall–Kier alpha value is -4.21. The fraction of sp³-hybridized carbons (Fsp3) is 0.250. The minimum atomic E-state index is -2.69. The number of pyridine rings is 2. The van der Waals surface area contributed by atoms with Crippen molar-refractivity contribution in [2.75, 3.05) is 41.0 Å². The number of fused-ring (bicyclic) bond motifs is 3. The van der Waals surface area contributed by atoms with Crippen molar-refractivity contribution in [3.8, 4) is 0 Å². The van der Waals surface area contributed by atoms with E-state index in [-0.39, 0.29) is 23.2 Å². The van der Waals surface area contributed by atoms with Crippen molar-refractivity contribution in [1.82, 2.24) is 15.3 Å². The van der Waals surface area contributed by atoms with E-state index >= 15 is 0 Å². The van der Waals surface area contributed by atoms with E-state index in [9.17, 15) is 14.0 Å². The van der Waals surface area contributed by atoms with Crippen LogP contribution >= 0.6 is 0 Å². The molecule has 1 fully saturated rings. The Bertz CT molecular complexity index is 1370. The molecule has 4 heterocycles. The summed E-state index contributed by atoms with van der Waals surface area (Å²) in [5, 5.41) is 8.17. The van der Waals surface area contributed by atoms with Gasteiger partial charge in [-0.25, -0.2) is 14.4 Å². The lowest BCUT2D eigenvalue weighted by Gasteiger charge is -2.39. The molecule has 0 radical (unpaired) electrons. The summed E-state index contributed by atoms with van der Waals surface area (Å²) in [5.41, 5.74) is 2.45. The van der Waals surface area contributed by atoms with E-state index in [1.807, 2.05) is 35.5 Å². The van der Waals surface area contributed by atoms with Crippen LogP contribution in [0.1, 0.15) is 27.3 Å². The molecule has 5 rings (SSSR count). The molecule has 1 saturated heterocycles. The minimum Gasteiger partial charge on any atom is -0.369 e. The maximum atomic E-state index is 13.2. The predicted molar refractivity (Wildman–Crippen MR) is 129 cm³/mol. The van der Waals surface area contributed by atoms with Crippen LogP contribution in [-0.2, 0) is 4.79 Å².